The number of carbonyl (C=O) groups excluding carboxylic acids is 2. The minimum atomic E-state index is -0.241. The number of hydrogen-bond acceptors (Lipinski definition) is 5. The van der Waals surface area contributed by atoms with E-state index in [0.29, 0.717) is 47.6 Å². The largest absolute Gasteiger partial charge is 0.495 e. The van der Waals surface area contributed by atoms with Gasteiger partial charge in [-0.1, -0.05) is 19.1 Å². The average Bonchev–Trinajstić information content (AvgIpc) is 3.81. The van der Waals surface area contributed by atoms with Gasteiger partial charge in [0.25, 0.3) is 5.91 Å². The van der Waals surface area contributed by atoms with Gasteiger partial charge in [0.15, 0.2) is 0 Å². The van der Waals surface area contributed by atoms with Crippen molar-refractivity contribution in [3.8, 4) is 5.75 Å². The van der Waals surface area contributed by atoms with E-state index in [1.54, 1.807) is 43.5 Å². The van der Waals surface area contributed by atoms with E-state index in [9.17, 15) is 9.59 Å². The van der Waals surface area contributed by atoms with Gasteiger partial charge in [-0.25, -0.2) is 0 Å². The highest BCUT2D eigenvalue weighted by Crippen LogP contribution is 2.47. The van der Waals surface area contributed by atoms with Crippen LogP contribution in [0, 0.1) is 5.92 Å². The molecule has 0 radical (unpaired) electrons. The number of nitrogens with zero attached hydrogens (tertiary/aromatic N) is 1. The van der Waals surface area contributed by atoms with Crippen LogP contribution >= 0.6 is 0 Å². The number of nitrogens with one attached hydrogen (secondary N) is 2. The zero-order chi connectivity index (χ0) is 25.1. The standard InChI is InChI=1S/C29H33N3O4/c1-19-17-24(19)26-14-13-23(36-26)18-32(22-11-12-22)16-15-28(33)30-21-9-7-20(8-10-21)29(34)31-25-5-3-4-6-27(25)35-2/h3-10,13-14,19,22,24H,11-12,15-18H2,1-2H3,(H,30,33)(H,31,34). The molecule has 0 bridgehead atoms. The van der Waals surface area contributed by atoms with Crippen LogP contribution in [0.5, 0.6) is 5.75 Å². The molecule has 2 amide bonds. The lowest BCUT2D eigenvalue weighted by molar-refractivity contribution is -0.116. The molecular formula is C29H33N3O4. The lowest BCUT2D eigenvalue weighted by Crippen LogP contribution is -2.29. The van der Waals surface area contributed by atoms with Crippen LogP contribution in [0.3, 0.4) is 0 Å². The molecule has 2 atom stereocenters. The predicted molar refractivity (Wildman–Crippen MR) is 139 cm³/mol. The van der Waals surface area contributed by atoms with Crippen molar-refractivity contribution in [2.45, 2.75) is 51.1 Å². The maximum Gasteiger partial charge on any atom is 0.255 e. The summed E-state index contributed by atoms with van der Waals surface area (Å²) in [5.41, 5.74) is 1.77. The predicted octanol–water partition coefficient (Wildman–Crippen LogP) is 5.66. The Morgan fingerprint density at radius 1 is 1.03 bits per heavy atom. The molecule has 7 heteroatoms. The first-order chi connectivity index (χ1) is 17.5. The topological polar surface area (TPSA) is 83.8 Å². The van der Waals surface area contributed by atoms with Gasteiger partial charge in [0.1, 0.15) is 17.3 Å². The number of methoxy groups -OCH3 is 1. The monoisotopic (exact) mass is 487 g/mol. The maximum absolute atomic E-state index is 12.6. The first-order valence-electron chi connectivity index (χ1n) is 12.7. The SMILES string of the molecule is COc1ccccc1NC(=O)c1ccc(NC(=O)CCN(Cc2ccc(C3CC3C)o2)C2CC2)cc1. The van der Waals surface area contributed by atoms with Crippen molar-refractivity contribution in [1.29, 1.82) is 0 Å². The second-order valence-electron chi connectivity index (χ2n) is 9.86. The third kappa shape index (κ3) is 5.97. The number of anilines is 2. The zero-order valence-corrected chi connectivity index (χ0v) is 20.8. The molecule has 2 unspecified atom stereocenters. The fourth-order valence-electron chi connectivity index (χ4n) is 4.54. The molecule has 1 heterocycles. The molecule has 0 aliphatic heterocycles. The number of carbonyl (C=O) groups is 2. The van der Waals surface area contributed by atoms with Gasteiger partial charge in [-0.2, -0.15) is 0 Å². The highest BCUT2D eigenvalue weighted by molar-refractivity contribution is 6.05. The summed E-state index contributed by atoms with van der Waals surface area (Å²) in [6.07, 6.45) is 3.97. The average molecular weight is 488 g/mol. The van der Waals surface area contributed by atoms with Gasteiger partial charge in [0, 0.05) is 36.2 Å². The van der Waals surface area contributed by atoms with Gasteiger partial charge in [-0.05, 0) is 73.7 Å². The third-order valence-electron chi connectivity index (χ3n) is 6.99. The summed E-state index contributed by atoms with van der Waals surface area (Å²) in [5, 5.41) is 5.80. The van der Waals surface area contributed by atoms with Crippen molar-refractivity contribution >= 4 is 23.2 Å². The molecule has 5 rings (SSSR count). The smallest absolute Gasteiger partial charge is 0.255 e. The van der Waals surface area contributed by atoms with Crippen molar-refractivity contribution in [2.24, 2.45) is 5.92 Å². The summed E-state index contributed by atoms with van der Waals surface area (Å²) in [7, 11) is 1.56. The van der Waals surface area contributed by atoms with E-state index < -0.39 is 0 Å². The maximum atomic E-state index is 12.6. The Bertz CT molecular complexity index is 1220. The number of amides is 2. The normalized spacial score (nSPS) is 18.6. The van der Waals surface area contributed by atoms with E-state index in [1.165, 1.54) is 19.3 Å². The Kier molecular flexibility index (Phi) is 7.09. The molecule has 2 N–H and O–H groups in total. The molecule has 2 aromatic carbocycles. The zero-order valence-electron chi connectivity index (χ0n) is 20.8. The molecule has 0 spiro atoms. The molecule has 36 heavy (non-hydrogen) atoms. The molecule has 2 aliphatic rings. The quantitative estimate of drug-likeness (QED) is 0.365. The molecule has 1 aromatic heterocycles. The van der Waals surface area contributed by atoms with Crippen LogP contribution in [-0.4, -0.2) is 36.4 Å². The second kappa shape index (κ2) is 10.6. The van der Waals surface area contributed by atoms with Gasteiger partial charge in [0.2, 0.25) is 5.91 Å². The Morgan fingerprint density at radius 3 is 2.47 bits per heavy atom. The highest BCUT2D eigenvalue weighted by atomic mass is 16.5. The second-order valence-corrected chi connectivity index (χ2v) is 9.86. The van der Waals surface area contributed by atoms with Crippen LogP contribution in [0.2, 0.25) is 0 Å². The number of ether oxygens (including phenoxy) is 1. The number of furan rings is 1. The highest BCUT2D eigenvalue weighted by Gasteiger charge is 2.37. The van der Waals surface area contributed by atoms with Gasteiger partial charge >= 0.3 is 0 Å². The van der Waals surface area contributed by atoms with Crippen LogP contribution in [0.1, 0.15) is 60.4 Å². The van der Waals surface area contributed by atoms with Crippen LogP contribution in [0.4, 0.5) is 11.4 Å². The van der Waals surface area contributed by atoms with Crippen LogP contribution in [0.15, 0.2) is 65.1 Å². The first-order valence-corrected chi connectivity index (χ1v) is 12.7. The molecule has 188 valence electrons. The third-order valence-corrected chi connectivity index (χ3v) is 6.99. The fourth-order valence-corrected chi connectivity index (χ4v) is 4.54. The lowest BCUT2D eigenvalue weighted by atomic mass is 10.2. The van der Waals surface area contributed by atoms with E-state index in [4.69, 9.17) is 9.15 Å². The Hall–Kier alpha value is -3.58. The Labute approximate surface area is 211 Å². The van der Waals surface area contributed by atoms with Crippen LogP contribution in [-0.2, 0) is 11.3 Å². The summed E-state index contributed by atoms with van der Waals surface area (Å²) in [5.74, 6) is 3.71. The Morgan fingerprint density at radius 2 is 1.78 bits per heavy atom. The number of rotatable bonds is 11. The molecular weight excluding hydrogens is 454 g/mol. The number of para-hydroxylation sites is 2. The first kappa shape index (κ1) is 24.1. The van der Waals surface area contributed by atoms with E-state index in [1.807, 2.05) is 12.1 Å². The van der Waals surface area contributed by atoms with Crippen molar-refractivity contribution < 1.29 is 18.7 Å². The lowest BCUT2D eigenvalue weighted by Gasteiger charge is -2.20. The molecule has 0 saturated heterocycles. The minimum Gasteiger partial charge on any atom is -0.495 e. The van der Waals surface area contributed by atoms with E-state index in [0.717, 1.165) is 24.0 Å². The van der Waals surface area contributed by atoms with E-state index >= 15 is 0 Å². The van der Waals surface area contributed by atoms with Gasteiger partial charge in [-0.3, -0.25) is 14.5 Å². The van der Waals surface area contributed by atoms with Crippen molar-refractivity contribution in [3.05, 3.63) is 77.7 Å². The molecule has 2 aliphatic carbocycles. The van der Waals surface area contributed by atoms with Crippen molar-refractivity contribution in [1.82, 2.24) is 4.90 Å². The van der Waals surface area contributed by atoms with Crippen molar-refractivity contribution in [3.63, 3.8) is 0 Å². The molecule has 2 fully saturated rings. The summed E-state index contributed by atoms with van der Waals surface area (Å²) in [6.45, 7) is 3.69. The summed E-state index contributed by atoms with van der Waals surface area (Å²) >= 11 is 0. The summed E-state index contributed by atoms with van der Waals surface area (Å²) in [4.78, 5) is 27.6. The van der Waals surface area contributed by atoms with E-state index in [2.05, 4.69) is 34.6 Å². The van der Waals surface area contributed by atoms with Gasteiger partial charge in [-0.15, -0.1) is 0 Å². The van der Waals surface area contributed by atoms with Crippen LogP contribution in [0.25, 0.3) is 0 Å². The Balaban J connectivity index is 1.11. The van der Waals surface area contributed by atoms with Gasteiger partial charge < -0.3 is 19.8 Å². The summed E-state index contributed by atoms with van der Waals surface area (Å²) in [6, 6.07) is 18.9. The van der Waals surface area contributed by atoms with Crippen molar-refractivity contribution in [2.75, 3.05) is 24.3 Å². The number of hydrogen-bond donors (Lipinski definition) is 2. The van der Waals surface area contributed by atoms with Gasteiger partial charge in [0.05, 0.1) is 19.3 Å². The molecule has 3 aromatic rings. The minimum absolute atomic E-state index is 0.0428. The number of benzene rings is 2. The molecule has 7 nitrogen and oxygen atoms in total. The fraction of sp³-hybridized carbons (Fsp3) is 0.379. The molecule has 2 saturated carbocycles. The van der Waals surface area contributed by atoms with Crippen LogP contribution < -0.4 is 15.4 Å². The summed E-state index contributed by atoms with van der Waals surface area (Å²) < 4.78 is 11.4. The van der Waals surface area contributed by atoms with E-state index in [-0.39, 0.29) is 11.8 Å².